The van der Waals surface area contributed by atoms with Crippen molar-refractivity contribution in [2.75, 3.05) is 0 Å². The Kier molecular flexibility index (Phi) is 38.2. The monoisotopic (exact) mass is 713 g/mol. The third-order valence-electron chi connectivity index (χ3n) is 0.805. The third-order valence-corrected chi connectivity index (χ3v) is 65.2. The molecular formula is HP23. The van der Waals surface area contributed by atoms with Crippen LogP contribution in [-0.4, -0.2) is 0 Å². The van der Waals surface area contributed by atoms with E-state index >= 15 is 0 Å². The van der Waals surface area contributed by atoms with Gasteiger partial charge >= 0.3 is 106 Å². The van der Waals surface area contributed by atoms with Gasteiger partial charge in [0.1, 0.15) is 0 Å². The van der Waals surface area contributed by atoms with Gasteiger partial charge in [-0.05, 0) is 60.4 Å². The van der Waals surface area contributed by atoms with E-state index in [0.717, 1.165) is 0 Å². The first-order valence-corrected chi connectivity index (χ1v) is 39.8. The third kappa shape index (κ3) is 29.2. The van der Waals surface area contributed by atoms with Gasteiger partial charge in [-0.1, -0.05) is 8.53 Å². The summed E-state index contributed by atoms with van der Waals surface area (Å²) in [7, 11) is 38.6. The fourth-order valence-electron chi connectivity index (χ4n) is 0.342. The normalized spacial score (nSPS) is 14.4. The number of hydrogen-bond acceptors (Lipinski definition) is 0. The SMILES string of the molecule is P#P=PP=PP=PP=PP=PP=PP=PP=PP=PP=PP=P. The van der Waals surface area contributed by atoms with Gasteiger partial charge in [0.25, 0.3) is 0 Å². The van der Waals surface area contributed by atoms with Crippen molar-refractivity contribution >= 4 is 175 Å². The van der Waals surface area contributed by atoms with E-state index in [-0.39, 0.29) is 0 Å². The molecule has 0 N–H and O–H groups in total. The van der Waals surface area contributed by atoms with Gasteiger partial charge in [-0.15, -0.1) is 0 Å². The molecule has 23 heavy (non-hydrogen) atoms. The van der Waals surface area contributed by atoms with E-state index in [9.17, 15) is 0 Å². The number of rotatable bonds is 10. The Labute approximate surface area is 173 Å². The maximum absolute atomic E-state index is 4.19. The van der Waals surface area contributed by atoms with Crippen molar-refractivity contribution in [2.45, 2.75) is 0 Å². The minimum atomic E-state index is 1.21. The Hall–Kier alpha value is 7.16. The molecule has 0 aromatic rings. The van der Waals surface area contributed by atoms with Gasteiger partial charge in [0.05, 0.1) is 0 Å². The molecule has 0 fully saturated rings. The molecule has 116 valence electrons. The van der Waals surface area contributed by atoms with Crippen molar-refractivity contribution in [3.05, 3.63) is 0 Å². The number of hydrogen-bond donors (Lipinski definition) is 0. The second-order valence-corrected chi connectivity index (χ2v) is 51.0. The Balaban J connectivity index is 3.92. The zero-order valence-corrected chi connectivity index (χ0v) is 31.0. The van der Waals surface area contributed by atoms with Gasteiger partial charge in [-0.3, -0.25) is 0 Å². The van der Waals surface area contributed by atoms with Gasteiger partial charge < -0.3 is 0 Å². The summed E-state index contributed by atoms with van der Waals surface area (Å²) in [6, 6.07) is 0. The van der Waals surface area contributed by atoms with Crippen molar-refractivity contribution in [2.24, 2.45) is 0 Å². The summed E-state index contributed by atoms with van der Waals surface area (Å²) in [6.07, 6.45) is 0. The molecule has 0 aliphatic heterocycles. The standard InChI is InChI=1S/HP23/c1-3-5-7-9-11-13-15-17-19-21-23-22-20-18-16-14-12-10-8-6-4-2/h1H. The molecule has 0 radical (unpaired) electrons. The van der Waals surface area contributed by atoms with Crippen LogP contribution in [0.3, 0.4) is 0 Å². The molecule has 23 heteroatoms. The van der Waals surface area contributed by atoms with Crippen molar-refractivity contribution < 1.29 is 0 Å². The van der Waals surface area contributed by atoms with E-state index in [4.69, 9.17) is 0 Å². The zero-order chi connectivity index (χ0) is 16.8. The second kappa shape index (κ2) is 29.2. The minimum Gasteiger partial charge on any atom is -0.0835 e. The molecule has 0 amide bonds. The Morgan fingerprint density at radius 3 is 0.783 bits per heavy atom. The summed E-state index contributed by atoms with van der Waals surface area (Å²) in [5.74, 6) is 0. The molecule has 0 nitrogen and oxygen atoms in total. The summed E-state index contributed by atoms with van der Waals surface area (Å²) in [4.78, 5) is 0. The molecule has 0 aromatic carbocycles. The molecule has 0 aromatic heterocycles. The molecule has 0 saturated heterocycles. The fourth-order valence-corrected chi connectivity index (χ4v) is 83.1. The van der Waals surface area contributed by atoms with Crippen LogP contribution in [0.15, 0.2) is 0 Å². The van der Waals surface area contributed by atoms with Gasteiger partial charge in [0.15, 0.2) is 0 Å². The Morgan fingerprint density at radius 2 is 0.565 bits per heavy atom. The molecule has 0 atom stereocenters. The van der Waals surface area contributed by atoms with Gasteiger partial charge in [0.2, 0.25) is 0 Å². The first-order chi connectivity index (χ1) is 11.4. The average molecular weight is 713 g/mol. The van der Waals surface area contributed by atoms with Crippen molar-refractivity contribution in [3.63, 3.8) is 0 Å². The van der Waals surface area contributed by atoms with Crippen LogP contribution in [0.2, 0.25) is 0 Å². The van der Waals surface area contributed by atoms with Crippen LogP contribution in [0, 0.1) is 0 Å². The van der Waals surface area contributed by atoms with E-state index in [0.29, 0.717) is 0 Å². The molecule has 0 heterocycles. The van der Waals surface area contributed by atoms with E-state index in [1.165, 1.54) is 44.8 Å². The van der Waals surface area contributed by atoms with Crippen LogP contribution in [0.25, 0.3) is 0 Å². The van der Waals surface area contributed by atoms with Gasteiger partial charge in [0, 0.05) is 0 Å². The summed E-state index contributed by atoms with van der Waals surface area (Å²) < 4.78 is 0. The fraction of sp³-hybridized carbons (Fsp3) is 0. The van der Waals surface area contributed by atoms with Crippen molar-refractivity contribution in [3.8, 4) is 0 Å². The first kappa shape index (κ1) is 30.2. The quantitative estimate of drug-likeness (QED) is 0.198. The maximum atomic E-state index is 4.19. The van der Waals surface area contributed by atoms with Crippen LogP contribution >= 0.6 is 175 Å². The molecule has 0 aliphatic carbocycles. The van der Waals surface area contributed by atoms with E-state index < -0.39 is 0 Å². The summed E-state index contributed by atoms with van der Waals surface area (Å²) in [6.45, 7) is 1.21. The molecule has 0 unspecified atom stereocenters. The minimum absolute atomic E-state index is 1.21. The molecule has 0 rings (SSSR count). The van der Waals surface area contributed by atoms with Crippen LogP contribution in [0.4, 0.5) is 0 Å². The average Bonchev–Trinajstić information content (AvgIpc) is 2.57. The smallest absolute Gasteiger partial charge is 0.0835 e. The zero-order valence-electron chi connectivity index (χ0n) is 10.3. The van der Waals surface area contributed by atoms with Gasteiger partial charge in [-0.25, -0.2) is 0 Å². The van der Waals surface area contributed by atoms with Gasteiger partial charge in [-0.2, -0.15) is 0 Å². The van der Waals surface area contributed by atoms with E-state index in [2.05, 4.69) is 16.9 Å². The summed E-state index contributed by atoms with van der Waals surface area (Å²) >= 11 is 0. The van der Waals surface area contributed by atoms with E-state index in [1.54, 1.807) is 113 Å². The molecule has 0 aliphatic rings. The van der Waals surface area contributed by atoms with Crippen LogP contribution in [0.5, 0.6) is 0 Å². The molecule has 0 saturated carbocycles. The first-order valence-electron chi connectivity index (χ1n) is 4.42. The van der Waals surface area contributed by atoms with Crippen LogP contribution in [-0.2, 0) is 0 Å². The molecular weight excluding hydrogens is 712 g/mol. The van der Waals surface area contributed by atoms with Crippen molar-refractivity contribution in [1.82, 2.24) is 0 Å². The second-order valence-electron chi connectivity index (χ2n) is 1.89. The predicted octanol–water partition coefficient (Wildman–Crippen LogP) is 19.5. The summed E-state index contributed by atoms with van der Waals surface area (Å²) in [5.41, 5.74) is 0. The molecule has 0 spiro atoms. The van der Waals surface area contributed by atoms with E-state index in [1.807, 2.05) is 0 Å². The van der Waals surface area contributed by atoms with Crippen LogP contribution in [0.1, 0.15) is 0 Å². The predicted molar refractivity (Wildman–Crippen MR) is 161 cm³/mol. The molecule has 0 bridgehead atoms. The topological polar surface area (TPSA) is 0 Å². The van der Waals surface area contributed by atoms with Crippen molar-refractivity contribution in [1.29, 1.82) is 0 Å². The summed E-state index contributed by atoms with van der Waals surface area (Å²) in [5, 5.41) is 0. The Morgan fingerprint density at radius 1 is 0.348 bits per heavy atom. The Bertz CT molecular complexity index is 649. The van der Waals surface area contributed by atoms with Crippen LogP contribution < -0.4 is 0 Å².